The topological polar surface area (TPSA) is 100 Å². The Morgan fingerprint density at radius 2 is 1.41 bits per heavy atom. The molecule has 3 N–H and O–H groups in total. The third-order valence-corrected chi connectivity index (χ3v) is 4.85. The number of nitrogens with one attached hydrogen (secondary N) is 3. The summed E-state index contributed by atoms with van der Waals surface area (Å²) in [6.07, 6.45) is 6.64. The van der Waals surface area contributed by atoms with E-state index < -0.39 is 5.91 Å². The summed E-state index contributed by atoms with van der Waals surface area (Å²) < 4.78 is 0. The zero-order valence-electron chi connectivity index (χ0n) is 16.5. The third kappa shape index (κ3) is 6.14. The molecular formula is C22H26N4O3. The predicted octanol–water partition coefficient (Wildman–Crippen LogP) is 3.74. The van der Waals surface area contributed by atoms with E-state index in [-0.39, 0.29) is 29.2 Å². The van der Waals surface area contributed by atoms with Crippen molar-refractivity contribution >= 4 is 29.1 Å². The Labute approximate surface area is 170 Å². The van der Waals surface area contributed by atoms with Crippen molar-refractivity contribution in [2.75, 3.05) is 10.6 Å². The van der Waals surface area contributed by atoms with Gasteiger partial charge in [-0.1, -0.05) is 37.8 Å². The lowest BCUT2D eigenvalue weighted by atomic mass is 10.1. The Hall–Kier alpha value is -3.22. The predicted molar refractivity (Wildman–Crippen MR) is 112 cm³/mol. The molecule has 29 heavy (non-hydrogen) atoms. The van der Waals surface area contributed by atoms with Crippen LogP contribution in [0.25, 0.3) is 0 Å². The minimum absolute atomic E-state index is 0.156. The highest BCUT2D eigenvalue weighted by atomic mass is 16.2. The summed E-state index contributed by atoms with van der Waals surface area (Å²) in [6, 6.07) is 11.8. The minimum atomic E-state index is -0.422. The number of pyridine rings is 1. The fourth-order valence-corrected chi connectivity index (χ4v) is 3.44. The first-order valence-electron chi connectivity index (χ1n) is 9.98. The number of amides is 3. The summed E-state index contributed by atoms with van der Waals surface area (Å²) in [5, 5.41) is 8.45. The van der Waals surface area contributed by atoms with Gasteiger partial charge in [0, 0.05) is 24.3 Å². The van der Waals surface area contributed by atoms with E-state index >= 15 is 0 Å². The third-order valence-electron chi connectivity index (χ3n) is 4.85. The van der Waals surface area contributed by atoms with E-state index in [0.717, 1.165) is 25.7 Å². The summed E-state index contributed by atoms with van der Waals surface area (Å²) in [4.78, 5) is 40.5. The summed E-state index contributed by atoms with van der Waals surface area (Å²) in [6.45, 7) is 1.42. The van der Waals surface area contributed by atoms with Crippen LogP contribution in [0.5, 0.6) is 0 Å². The molecule has 3 amide bonds. The Morgan fingerprint density at radius 1 is 0.828 bits per heavy atom. The zero-order valence-corrected chi connectivity index (χ0v) is 16.5. The number of aromatic nitrogens is 1. The fourth-order valence-electron chi connectivity index (χ4n) is 3.44. The molecule has 0 atom stereocenters. The van der Waals surface area contributed by atoms with Gasteiger partial charge in [0.2, 0.25) is 5.91 Å². The molecule has 7 heteroatoms. The second-order valence-corrected chi connectivity index (χ2v) is 7.29. The average molecular weight is 394 g/mol. The van der Waals surface area contributed by atoms with Crippen LogP contribution in [0.15, 0.2) is 42.5 Å². The molecule has 1 fully saturated rings. The molecule has 0 spiro atoms. The highest BCUT2D eigenvalue weighted by molar-refractivity contribution is 6.04. The van der Waals surface area contributed by atoms with Crippen molar-refractivity contribution in [1.82, 2.24) is 10.3 Å². The Kier molecular flexibility index (Phi) is 6.94. The van der Waals surface area contributed by atoms with Gasteiger partial charge in [-0.2, -0.15) is 0 Å². The van der Waals surface area contributed by atoms with Gasteiger partial charge in [0.05, 0.1) is 0 Å². The molecule has 0 aliphatic heterocycles. The molecule has 7 nitrogen and oxygen atoms in total. The molecule has 3 rings (SSSR count). The van der Waals surface area contributed by atoms with Crippen molar-refractivity contribution in [3.8, 4) is 0 Å². The fraction of sp³-hybridized carbons (Fsp3) is 0.364. The van der Waals surface area contributed by atoms with E-state index in [0.29, 0.717) is 11.4 Å². The minimum Gasteiger partial charge on any atom is -0.348 e. The standard InChI is InChI=1S/C22H26N4O3/c1-15(27)23-17-10-6-11-18(14-17)25-22(29)20-13-7-12-19(26-20)21(28)24-16-8-4-2-3-5-9-16/h6-7,10-14,16H,2-5,8-9H2,1H3,(H,23,27)(H,24,28)(H,25,29). The first kappa shape index (κ1) is 20.5. The average Bonchev–Trinajstić information content (AvgIpc) is 2.96. The van der Waals surface area contributed by atoms with Crippen molar-refractivity contribution < 1.29 is 14.4 Å². The van der Waals surface area contributed by atoms with Gasteiger partial charge in [0.25, 0.3) is 11.8 Å². The first-order chi connectivity index (χ1) is 14.0. The lowest BCUT2D eigenvalue weighted by molar-refractivity contribution is -0.114. The summed E-state index contributed by atoms with van der Waals surface area (Å²) >= 11 is 0. The van der Waals surface area contributed by atoms with Crippen molar-refractivity contribution in [2.45, 2.75) is 51.5 Å². The van der Waals surface area contributed by atoms with Crippen LogP contribution < -0.4 is 16.0 Å². The van der Waals surface area contributed by atoms with Gasteiger partial charge in [0.1, 0.15) is 11.4 Å². The van der Waals surface area contributed by atoms with Crippen LogP contribution in [0.3, 0.4) is 0 Å². The molecule has 0 unspecified atom stereocenters. The van der Waals surface area contributed by atoms with Crippen LogP contribution in [0.2, 0.25) is 0 Å². The van der Waals surface area contributed by atoms with E-state index in [1.165, 1.54) is 19.8 Å². The highest BCUT2D eigenvalue weighted by Crippen LogP contribution is 2.18. The van der Waals surface area contributed by atoms with Gasteiger partial charge < -0.3 is 16.0 Å². The lowest BCUT2D eigenvalue weighted by Crippen LogP contribution is -2.35. The van der Waals surface area contributed by atoms with E-state index in [2.05, 4.69) is 20.9 Å². The summed E-state index contributed by atoms with van der Waals surface area (Å²) in [5.74, 6) is -0.865. The Morgan fingerprint density at radius 3 is 2.07 bits per heavy atom. The maximum Gasteiger partial charge on any atom is 0.274 e. The molecule has 1 heterocycles. The van der Waals surface area contributed by atoms with E-state index in [1.54, 1.807) is 42.5 Å². The quantitative estimate of drug-likeness (QED) is 0.673. The van der Waals surface area contributed by atoms with E-state index in [4.69, 9.17) is 0 Å². The molecule has 1 aliphatic rings. The molecule has 1 aliphatic carbocycles. The summed E-state index contributed by atoms with van der Waals surface area (Å²) in [7, 11) is 0. The van der Waals surface area contributed by atoms with Crippen LogP contribution in [-0.2, 0) is 4.79 Å². The molecule has 2 aromatic rings. The number of anilines is 2. The van der Waals surface area contributed by atoms with Crippen molar-refractivity contribution in [1.29, 1.82) is 0 Å². The van der Waals surface area contributed by atoms with Crippen LogP contribution in [0.1, 0.15) is 66.4 Å². The molecule has 0 bridgehead atoms. The number of hydrogen-bond donors (Lipinski definition) is 3. The van der Waals surface area contributed by atoms with Crippen LogP contribution in [-0.4, -0.2) is 28.7 Å². The van der Waals surface area contributed by atoms with Crippen molar-refractivity contribution in [2.24, 2.45) is 0 Å². The maximum atomic E-state index is 12.6. The lowest BCUT2D eigenvalue weighted by Gasteiger charge is -2.16. The van der Waals surface area contributed by atoms with Gasteiger partial charge in [-0.05, 0) is 43.2 Å². The molecule has 1 aromatic carbocycles. The van der Waals surface area contributed by atoms with Gasteiger partial charge in [0.15, 0.2) is 0 Å². The monoisotopic (exact) mass is 394 g/mol. The second-order valence-electron chi connectivity index (χ2n) is 7.29. The van der Waals surface area contributed by atoms with Crippen LogP contribution >= 0.6 is 0 Å². The number of rotatable bonds is 5. The maximum absolute atomic E-state index is 12.6. The van der Waals surface area contributed by atoms with Crippen LogP contribution in [0.4, 0.5) is 11.4 Å². The molecule has 0 saturated heterocycles. The van der Waals surface area contributed by atoms with E-state index in [1.807, 2.05) is 0 Å². The van der Waals surface area contributed by atoms with E-state index in [9.17, 15) is 14.4 Å². The number of benzene rings is 1. The number of nitrogens with zero attached hydrogens (tertiary/aromatic N) is 1. The van der Waals surface area contributed by atoms with Gasteiger partial charge in [-0.3, -0.25) is 14.4 Å². The van der Waals surface area contributed by atoms with Crippen molar-refractivity contribution in [3.05, 3.63) is 53.9 Å². The molecule has 152 valence electrons. The highest BCUT2D eigenvalue weighted by Gasteiger charge is 2.18. The molecular weight excluding hydrogens is 368 g/mol. The molecule has 1 saturated carbocycles. The smallest absolute Gasteiger partial charge is 0.274 e. The number of hydrogen-bond acceptors (Lipinski definition) is 4. The van der Waals surface area contributed by atoms with Crippen molar-refractivity contribution in [3.63, 3.8) is 0 Å². The zero-order chi connectivity index (χ0) is 20.6. The number of carbonyl (C=O) groups is 3. The first-order valence-corrected chi connectivity index (χ1v) is 9.98. The SMILES string of the molecule is CC(=O)Nc1cccc(NC(=O)c2cccc(C(=O)NC3CCCCCC3)n2)c1. The molecule has 0 radical (unpaired) electrons. The second kappa shape index (κ2) is 9.82. The van der Waals surface area contributed by atoms with Gasteiger partial charge in [-0.25, -0.2) is 4.98 Å². The van der Waals surface area contributed by atoms with Crippen LogP contribution in [0, 0.1) is 0 Å². The Balaban J connectivity index is 1.66. The molecule has 1 aromatic heterocycles. The number of carbonyl (C=O) groups excluding carboxylic acids is 3. The summed E-state index contributed by atoms with van der Waals surface area (Å²) in [5.41, 5.74) is 1.49. The van der Waals surface area contributed by atoms with Gasteiger partial charge in [-0.15, -0.1) is 0 Å². The normalized spacial score (nSPS) is 14.5. The van der Waals surface area contributed by atoms with Gasteiger partial charge >= 0.3 is 0 Å². The Bertz CT molecular complexity index is 889. The largest absolute Gasteiger partial charge is 0.348 e.